The van der Waals surface area contributed by atoms with Crippen LogP contribution in [-0.2, 0) is 12.0 Å². The van der Waals surface area contributed by atoms with Crippen LogP contribution in [0.2, 0.25) is 0 Å². The molecular weight excluding hydrogens is 258 g/mol. The minimum atomic E-state index is -0.887. The van der Waals surface area contributed by atoms with Crippen molar-refractivity contribution >= 4 is 10.8 Å². The van der Waals surface area contributed by atoms with Crippen molar-refractivity contribution in [3.63, 3.8) is 0 Å². The van der Waals surface area contributed by atoms with Gasteiger partial charge in [0.15, 0.2) is 0 Å². The second kappa shape index (κ2) is 4.40. The van der Waals surface area contributed by atoms with Crippen molar-refractivity contribution in [3.8, 4) is 0 Å². The van der Waals surface area contributed by atoms with E-state index in [9.17, 15) is 5.11 Å². The molecule has 1 aliphatic rings. The van der Waals surface area contributed by atoms with Crippen LogP contribution in [0.4, 0.5) is 0 Å². The molecule has 0 radical (unpaired) electrons. The van der Waals surface area contributed by atoms with E-state index in [2.05, 4.69) is 30.1 Å². The van der Waals surface area contributed by atoms with Crippen LogP contribution in [0.25, 0.3) is 10.8 Å². The van der Waals surface area contributed by atoms with Gasteiger partial charge < -0.3 is 5.11 Å². The Kier molecular flexibility index (Phi) is 2.63. The van der Waals surface area contributed by atoms with Gasteiger partial charge in [0, 0.05) is 17.8 Å². The summed E-state index contributed by atoms with van der Waals surface area (Å²) in [5.74, 6) is 0. The number of pyridine rings is 1. The summed E-state index contributed by atoms with van der Waals surface area (Å²) < 4.78 is 0. The fraction of sp³-hybridized carbons (Fsp3) is 0.211. The minimum absolute atomic E-state index is 0.743. The van der Waals surface area contributed by atoms with Gasteiger partial charge in [-0.15, -0.1) is 0 Å². The summed E-state index contributed by atoms with van der Waals surface area (Å²) in [7, 11) is 0. The maximum Gasteiger partial charge on any atom is 0.116 e. The Morgan fingerprint density at radius 3 is 2.90 bits per heavy atom. The molecule has 3 aromatic rings. The van der Waals surface area contributed by atoms with E-state index in [-0.39, 0.29) is 0 Å². The lowest BCUT2D eigenvalue weighted by molar-refractivity contribution is 0.0844. The van der Waals surface area contributed by atoms with Crippen molar-refractivity contribution in [1.29, 1.82) is 0 Å². The number of aryl methyl sites for hydroxylation is 2. The van der Waals surface area contributed by atoms with Gasteiger partial charge in [-0.3, -0.25) is 4.98 Å². The summed E-state index contributed by atoms with van der Waals surface area (Å²) in [6.07, 6.45) is 5.32. The monoisotopic (exact) mass is 275 g/mol. The molecule has 1 aromatic heterocycles. The molecule has 0 fully saturated rings. The number of aliphatic hydroxyl groups is 1. The predicted octanol–water partition coefficient (Wildman–Crippen LogP) is 3.73. The average Bonchev–Trinajstić information content (AvgIpc) is 2.85. The second-order valence-electron chi connectivity index (χ2n) is 5.92. The largest absolute Gasteiger partial charge is 0.380 e. The average molecular weight is 275 g/mol. The van der Waals surface area contributed by atoms with E-state index in [4.69, 9.17) is 0 Å². The smallest absolute Gasteiger partial charge is 0.116 e. The highest BCUT2D eigenvalue weighted by Crippen LogP contribution is 2.44. The van der Waals surface area contributed by atoms with Gasteiger partial charge in [-0.25, -0.2) is 0 Å². The molecule has 1 aliphatic carbocycles. The van der Waals surface area contributed by atoms with E-state index in [1.807, 2.05) is 30.5 Å². The Hall–Kier alpha value is -2.19. The fourth-order valence-corrected chi connectivity index (χ4v) is 3.51. The number of aromatic nitrogens is 1. The summed E-state index contributed by atoms with van der Waals surface area (Å²) in [6, 6.07) is 14.5. The van der Waals surface area contributed by atoms with Gasteiger partial charge in [-0.2, -0.15) is 0 Å². The van der Waals surface area contributed by atoms with Crippen LogP contribution < -0.4 is 0 Å². The molecule has 0 aliphatic heterocycles. The van der Waals surface area contributed by atoms with Gasteiger partial charge in [0.2, 0.25) is 0 Å². The number of fused-ring (bicyclic) bond motifs is 2. The van der Waals surface area contributed by atoms with Crippen LogP contribution in [0.5, 0.6) is 0 Å². The topological polar surface area (TPSA) is 33.1 Å². The molecule has 0 saturated carbocycles. The van der Waals surface area contributed by atoms with E-state index >= 15 is 0 Å². The number of hydrogen-bond donors (Lipinski definition) is 1. The Morgan fingerprint density at radius 1 is 1.10 bits per heavy atom. The normalized spacial score (nSPS) is 20.7. The third kappa shape index (κ3) is 1.79. The zero-order valence-corrected chi connectivity index (χ0v) is 12.0. The quantitative estimate of drug-likeness (QED) is 0.734. The van der Waals surface area contributed by atoms with Crippen molar-refractivity contribution in [2.45, 2.75) is 25.4 Å². The van der Waals surface area contributed by atoms with Crippen LogP contribution in [-0.4, -0.2) is 10.1 Å². The minimum Gasteiger partial charge on any atom is -0.380 e. The molecule has 1 N–H and O–H groups in total. The van der Waals surface area contributed by atoms with E-state index in [1.54, 1.807) is 6.20 Å². The number of benzene rings is 2. The van der Waals surface area contributed by atoms with Crippen LogP contribution >= 0.6 is 0 Å². The zero-order chi connectivity index (χ0) is 14.4. The van der Waals surface area contributed by atoms with Crippen molar-refractivity contribution < 1.29 is 5.11 Å². The SMILES string of the molecule is Cc1ccc2c(c1)C(O)(c1cccc3cnccc13)CC2. The van der Waals surface area contributed by atoms with E-state index < -0.39 is 5.60 Å². The molecule has 0 saturated heterocycles. The van der Waals surface area contributed by atoms with E-state index in [0.29, 0.717) is 0 Å². The molecule has 1 atom stereocenters. The van der Waals surface area contributed by atoms with E-state index in [1.165, 1.54) is 11.1 Å². The summed E-state index contributed by atoms with van der Waals surface area (Å²) in [4.78, 5) is 4.18. The van der Waals surface area contributed by atoms with Crippen molar-refractivity contribution in [2.75, 3.05) is 0 Å². The summed E-state index contributed by atoms with van der Waals surface area (Å²) in [5, 5.41) is 13.6. The first-order valence-electron chi connectivity index (χ1n) is 7.34. The van der Waals surface area contributed by atoms with Gasteiger partial charge in [-0.1, -0.05) is 42.0 Å². The van der Waals surface area contributed by atoms with Crippen LogP contribution in [0.1, 0.15) is 28.7 Å². The standard InChI is InChI=1S/C19H17NO/c1-13-5-6-14-7-9-19(21,18(14)11-13)17-4-2-3-15-12-20-10-8-16(15)17/h2-6,8,10-12,21H,7,9H2,1H3. The Labute approximate surface area is 124 Å². The van der Waals surface area contributed by atoms with Gasteiger partial charge in [0.25, 0.3) is 0 Å². The first-order valence-corrected chi connectivity index (χ1v) is 7.34. The zero-order valence-electron chi connectivity index (χ0n) is 12.0. The highest BCUT2D eigenvalue weighted by atomic mass is 16.3. The van der Waals surface area contributed by atoms with Gasteiger partial charge in [-0.05, 0) is 47.9 Å². The summed E-state index contributed by atoms with van der Waals surface area (Å²) >= 11 is 0. The maximum absolute atomic E-state index is 11.4. The number of hydrogen-bond acceptors (Lipinski definition) is 2. The third-order valence-electron chi connectivity index (χ3n) is 4.59. The third-order valence-corrected chi connectivity index (χ3v) is 4.59. The highest BCUT2D eigenvalue weighted by Gasteiger charge is 2.39. The molecule has 21 heavy (non-hydrogen) atoms. The molecule has 2 heteroatoms. The lowest BCUT2D eigenvalue weighted by atomic mass is 9.84. The second-order valence-corrected chi connectivity index (χ2v) is 5.92. The first kappa shape index (κ1) is 12.5. The first-order chi connectivity index (χ1) is 10.2. The fourth-order valence-electron chi connectivity index (χ4n) is 3.51. The van der Waals surface area contributed by atoms with Crippen molar-refractivity contribution in [3.05, 3.63) is 77.1 Å². The van der Waals surface area contributed by atoms with Crippen LogP contribution in [0, 0.1) is 6.92 Å². The highest BCUT2D eigenvalue weighted by molar-refractivity contribution is 5.86. The Bertz CT molecular complexity index is 835. The predicted molar refractivity (Wildman–Crippen MR) is 84.2 cm³/mol. The van der Waals surface area contributed by atoms with Crippen molar-refractivity contribution in [1.82, 2.24) is 4.98 Å². The summed E-state index contributed by atoms with van der Waals surface area (Å²) in [6.45, 7) is 2.08. The molecule has 2 nitrogen and oxygen atoms in total. The molecular formula is C19H17NO. The molecule has 1 heterocycles. The van der Waals surface area contributed by atoms with Gasteiger partial charge in [0.05, 0.1) is 0 Å². The number of nitrogens with zero attached hydrogens (tertiary/aromatic N) is 1. The van der Waals surface area contributed by atoms with Crippen LogP contribution in [0.3, 0.4) is 0 Å². The lowest BCUT2D eigenvalue weighted by Crippen LogP contribution is -2.24. The molecule has 2 aromatic carbocycles. The molecule has 104 valence electrons. The molecule has 0 spiro atoms. The van der Waals surface area contributed by atoms with Gasteiger partial charge >= 0.3 is 0 Å². The van der Waals surface area contributed by atoms with Crippen LogP contribution in [0.15, 0.2) is 54.9 Å². The van der Waals surface area contributed by atoms with Crippen molar-refractivity contribution in [2.24, 2.45) is 0 Å². The van der Waals surface area contributed by atoms with Gasteiger partial charge in [0.1, 0.15) is 5.60 Å². The van der Waals surface area contributed by atoms with E-state index in [0.717, 1.165) is 34.7 Å². The maximum atomic E-state index is 11.4. The molecule has 0 bridgehead atoms. The lowest BCUT2D eigenvalue weighted by Gasteiger charge is -2.26. The molecule has 1 unspecified atom stereocenters. The summed E-state index contributed by atoms with van der Waals surface area (Å²) in [5.41, 5.74) is 3.62. The Balaban J connectivity index is 2.00. The molecule has 4 rings (SSSR count). The molecule has 0 amide bonds. The Morgan fingerprint density at radius 2 is 2.00 bits per heavy atom. The number of rotatable bonds is 1.